The molecular formula is C51H29N5O2. The Bertz CT molecular complexity index is 3720. The van der Waals surface area contributed by atoms with E-state index in [0.717, 1.165) is 93.5 Å². The van der Waals surface area contributed by atoms with E-state index in [9.17, 15) is 0 Å². The van der Waals surface area contributed by atoms with E-state index in [1.54, 1.807) is 0 Å². The number of nitrogens with zero attached hydrogens (tertiary/aromatic N) is 5. The van der Waals surface area contributed by atoms with E-state index in [4.69, 9.17) is 23.8 Å². The Morgan fingerprint density at radius 3 is 1.50 bits per heavy atom. The molecule has 0 N–H and O–H groups in total. The normalized spacial score (nSPS) is 12.1. The Balaban J connectivity index is 1.10. The summed E-state index contributed by atoms with van der Waals surface area (Å²) in [5.41, 5.74) is 10.3. The van der Waals surface area contributed by atoms with Crippen molar-refractivity contribution >= 4 is 87.5 Å². The number of hydrogen-bond donors (Lipinski definition) is 0. The fraction of sp³-hybridized carbons (Fsp3) is 0. The molecule has 0 bridgehead atoms. The van der Waals surface area contributed by atoms with Crippen LogP contribution in [0.4, 0.5) is 0 Å². The minimum absolute atomic E-state index is 0.533. The van der Waals surface area contributed by atoms with Crippen molar-refractivity contribution in [2.24, 2.45) is 0 Å². The summed E-state index contributed by atoms with van der Waals surface area (Å²) in [5, 5.41) is 8.67. The van der Waals surface area contributed by atoms with E-state index in [0.29, 0.717) is 17.6 Å². The minimum Gasteiger partial charge on any atom is -0.456 e. The molecule has 0 aliphatic rings. The van der Waals surface area contributed by atoms with Crippen molar-refractivity contribution in [3.05, 3.63) is 176 Å². The lowest BCUT2D eigenvalue weighted by Gasteiger charge is -2.12. The fourth-order valence-corrected chi connectivity index (χ4v) is 9.13. The second kappa shape index (κ2) is 11.7. The third-order valence-corrected chi connectivity index (χ3v) is 11.6. The standard InChI is InChI=1S/C51H29N5O2/c1-6-19-38-31(13-1)32-14-2-7-20-39(32)55(38)42-23-12-26-46-48(42)37-29-30(27-28-44(37)58-46)49-52-50(36-18-11-25-45-47(36)35-17-5-10-24-43(35)57-45)54-51(53-49)56-40-21-8-3-15-33(40)34-16-4-9-22-41(34)56/h1-29H. The van der Waals surface area contributed by atoms with Crippen LogP contribution in [-0.2, 0) is 0 Å². The first kappa shape index (κ1) is 31.2. The number of furan rings is 2. The van der Waals surface area contributed by atoms with Crippen LogP contribution in [0.25, 0.3) is 122 Å². The molecule has 270 valence electrons. The Kier molecular flexibility index (Phi) is 6.32. The first-order valence-electron chi connectivity index (χ1n) is 19.4. The monoisotopic (exact) mass is 743 g/mol. The van der Waals surface area contributed by atoms with Gasteiger partial charge in [-0.05, 0) is 66.7 Å². The Morgan fingerprint density at radius 1 is 0.345 bits per heavy atom. The molecule has 5 heterocycles. The molecule has 0 saturated carbocycles. The van der Waals surface area contributed by atoms with Gasteiger partial charge in [0.1, 0.15) is 22.3 Å². The Labute approximate surface area is 329 Å². The molecule has 0 saturated heterocycles. The molecular weight excluding hydrogens is 715 g/mol. The van der Waals surface area contributed by atoms with Crippen LogP contribution in [0.1, 0.15) is 0 Å². The molecule has 7 heteroatoms. The van der Waals surface area contributed by atoms with Crippen molar-refractivity contribution < 1.29 is 8.83 Å². The SMILES string of the molecule is c1ccc2c(c1)oc1cccc(-c3nc(-c4ccc5oc6cccc(-n7c8ccccc8c8ccccc87)c6c5c4)nc(-n4c5ccccc5c5ccccc54)n3)c12. The van der Waals surface area contributed by atoms with Gasteiger partial charge in [0.25, 0.3) is 0 Å². The fourth-order valence-electron chi connectivity index (χ4n) is 9.13. The maximum absolute atomic E-state index is 6.58. The molecule has 13 rings (SSSR count). The number of fused-ring (bicyclic) bond motifs is 12. The number of hydrogen-bond acceptors (Lipinski definition) is 5. The molecule has 0 aliphatic heterocycles. The van der Waals surface area contributed by atoms with E-state index in [2.05, 4.69) is 137 Å². The van der Waals surface area contributed by atoms with Gasteiger partial charge < -0.3 is 13.4 Å². The van der Waals surface area contributed by atoms with Crippen LogP contribution in [0.5, 0.6) is 0 Å². The summed E-state index contributed by atoms with van der Waals surface area (Å²) < 4.78 is 17.4. The summed E-state index contributed by atoms with van der Waals surface area (Å²) in [6.07, 6.45) is 0. The number of benzene rings is 8. The molecule has 13 aromatic rings. The average Bonchev–Trinajstić information content (AvgIpc) is 4.04. The highest BCUT2D eigenvalue weighted by Gasteiger charge is 2.22. The van der Waals surface area contributed by atoms with E-state index in [1.165, 1.54) is 10.8 Å². The largest absolute Gasteiger partial charge is 0.456 e. The molecule has 58 heavy (non-hydrogen) atoms. The van der Waals surface area contributed by atoms with Gasteiger partial charge in [-0.2, -0.15) is 9.97 Å². The zero-order valence-corrected chi connectivity index (χ0v) is 30.8. The molecule has 0 atom stereocenters. The van der Waals surface area contributed by atoms with Gasteiger partial charge in [0.15, 0.2) is 11.6 Å². The van der Waals surface area contributed by atoms with Crippen molar-refractivity contribution in [1.82, 2.24) is 24.1 Å². The molecule has 0 amide bonds. The molecule has 7 nitrogen and oxygen atoms in total. The molecule has 0 aliphatic carbocycles. The minimum atomic E-state index is 0.533. The number of aromatic nitrogens is 5. The van der Waals surface area contributed by atoms with Gasteiger partial charge in [0.05, 0.1) is 33.1 Å². The van der Waals surface area contributed by atoms with E-state index < -0.39 is 0 Å². The molecule has 5 aromatic heterocycles. The van der Waals surface area contributed by atoms with Crippen molar-refractivity contribution in [2.75, 3.05) is 0 Å². The Hall–Kier alpha value is -8.03. The topological polar surface area (TPSA) is 74.8 Å². The molecule has 8 aromatic carbocycles. The van der Waals surface area contributed by atoms with Crippen LogP contribution in [-0.4, -0.2) is 24.1 Å². The lowest BCUT2D eigenvalue weighted by molar-refractivity contribution is 0.668. The quantitative estimate of drug-likeness (QED) is 0.179. The molecule has 0 spiro atoms. The summed E-state index contributed by atoms with van der Waals surface area (Å²) in [6, 6.07) is 60.8. The average molecular weight is 744 g/mol. The van der Waals surface area contributed by atoms with Crippen molar-refractivity contribution in [1.29, 1.82) is 0 Å². The van der Waals surface area contributed by atoms with Gasteiger partial charge in [-0.25, -0.2) is 4.98 Å². The highest BCUT2D eigenvalue weighted by Crippen LogP contribution is 2.41. The van der Waals surface area contributed by atoms with Crippen molar-refractivity contribution in [3.8, 4) is 34.4 Å². The molecule has 0 unspecified atom stereocenters. The third kappa shape index (κ3) is 4.35. The summed E-state index contributed by atoms with van der Waals surface area (Å²) in [6.45, 7) is 0. The summed E-state index contributed by atoms with van der Waals surface area (Å²) in [4.78, 5) is 15.9. The summed E-state index contributed by atoms with van der Waals surface area (Å²) in [5.74, 6) is 1.64. The number of para-hydroxylation sites is 5. The predicted octanol–water partition coefficient (Wildman–Crippen LogP) is 13.2. The Morgan fingerprint density at radius 2 is 0.845 bits per heavy atom. The first-order valence-corrected chi connectivity index (χ1v) is 19.4. The highest BCUT2D eigenvalue weighted by molar-refractivity contribution is 6.15. The maximum Gasteiger partial charge on any atom is 0.238 e. The zero-order valence-electron chi connectivity index (χ0n) is 30.8. The van der Waals surface area contributed by atoms with E-state index in [1.807, 2.05) is 48.5 Å². The smallest absolute Gasteiger partial charge is 0.238 e. The zero-order chi connectivity index (χ0) is 37.9. The van der Waals surface area contributed by atoms with E-state index >= 15 is 0 Å². The molecule has 0 fully saturated rings. The highest BCUT2D eigenvalue weighted by atomic mass is 16.3. The van der Waals surface area contributed by atoms with Crippen LogP contribution in [0.15, 0.2) is 185 Å². The van der Waals surface area contributed by atoms with Crippen LogP contribution in [0, 0.1) is 0 Å². The lowest BCUT2D eigenvalue weighted by Crippen LogP contribution is -2.06. The summed E-state index contributed by atoms with van der Waals surface area (Å²) in [7, 11) is 0. The number of rotatable bonds is 4. The van der Waals surface area contributed by atoms with Crippen LogP contribution >= 0.6 is 0 Å². The van der Waals surface area contributed by atoms with Gasteiger partial charge in [0, 0.05) is 48.8 Å². The second-order valence-electron chi connectivity index (χ2n) is 14.8. The predicted molar refractivity (Wildman–Crippen MR) is 234 cm³/mol. The van der Waals surface area contributed by atoms with Crippen molar-refractivity contribution in [3.63, 3.8) is 0 Å². The second-order valence-corrected chi connectivity index (χ2v) is 14.8. The van der Waals surface area contributed by atoms with Crippen LogP contribution in [0.3, 0.4) is 0 Å². The lowest BCUT2D eigenvalue weighted by atomic mass is 10.1. The van der Waals surface area contributed by atoms with Gasteiger partial charge in [-0.15, -0.1) is 0 Å². The van der Waals surface area contributed by atoms with E-state index in [-0.39, 0.29) is 0 Å². The molecule has 0 radical (unpaired) electrons. The van der Waals surface area contributed by atoms with Gasteiger partial charge in [-0.1, -0.05) is 109 Å². The maximum atomic E-state index is 6.58. The van der Waals surface area contributed by atoms with Crippen molar-refractivity contribution in [2.45, 2.75) is 0 Å². The first-order chi connectivity index (χ1) is 28.8. The summed E-state index contributed by atoms with van der Waals surface area (Å²) >= 11 is 0. The van der Waals surface area contributed by atoms with Crippen LogP contribution in [0.2, 0.25) is 0 Å². The van der Waals surface area contributed by atoms with Crippen LogP contribution < -0.4 is 0 Å². The van der Waals surface area contributed by atoms with Gasteiger partial charge in [0.2, 0.25) is 5.95 Å². The van der Waals surface area contributed by atoms with Gasteiger partial charge >= 0.3 is 0 Å². The third-order valence-electron chi connectivity index (χ3n) is 11.6. The van der Waals surface area contributed by atoms with Gasteiger partial charge in [-0.3, -0.25) is 4.57 Å².